The second-order valence-corrected chi connectivity index (χ2v) is 7.37. The van der Waals surface area contributed by atoms with Crippen LogP contribution in [-0.4, -0.2) is 63.1 Å². The molecular formula is C19H33N5O. The number of benzene rings is 1. The number of rotatable bonds is 7. The van der Waals surface area contributed by atoms with Crippen molar-refractivity contribution in [3.05, 3.63) is 30.3 Å². The number of carbonyl (C=O) groups excluding carboxylic acids is 1. The van der Waals surface area contributed by atoms with Gasteiger partial charge in [-0.3, -0.25) is 4.79 Å². The van der Waals surface area contributed by atoms with Crippen molar-refractivity contribution >= 4 is 17.6 Å². The summed E-state index contributed by atoms with van der Waals surface area (Å²) in [4.78, 5) is 19.9. The van der Waals surface area contributed by atoms with Crippen LogP contribution in [0.3, 0.4) is 0 Å². The number of likely N-dealkylation sites (N-methyl/N-ethyl adjacent to an activating group) is 1. The summed E-state index contributed by atoms with van der Waals surface area (Å²) in [7, 11) is 5.57. The zero-order valence-corrected chi connectivity index (χ0v) is 16.5. The Morgan fingerprint density at radius 2 is 1.76 bits per heavy atom. The van der Waals surface area contributed by atoms with Crippen molar-refractivity contribution in [1.29, 1.82) is 0 Å². The van der Waals surface area contributed by atoms with Gasteiger partial charge in [-0.05, 0) is 39.3 Å². The summed E-state index contributed by atoms with van der Waals surface area (Å²) in [6, 6.07) is 10.3. The molecular weight excluding hydrogens is 314 g/mol. The Hall–Kier alpha value is -2.24. The molecule has 0 aliphatic heterocycles. The molecule has 0 heterocycles. The number of amides is 1. The minimum absolute atomic E-state index is 0.0150. The van der Waals surface area contributed by atoms with E-state index in [0.717, 1.165) is 19.5 Å². The third-order valence-electron chi connectivity index (χ3n) is 3.52. The van der Waals surface area contributed by atoms with E-state index in [4.69, 9.17) is 0 Å². The van der Waals surface area contributed by atoms with Gasteiger partial charge < -0.3 is 20.4 Å². The van der Waals surface area contributed by atoms with Crippen molar-refractivity contribution in [3.8, 4) is 0 Å². The average Bonchev–Trinajstić information content (AvgIpc) is 2.55. The maximum atomic E-state index is 11.7. The standard InChI is InChI=1S/C19H33N5O/c1-19(2,3)22-18(21-15-17(25)23(4)5)20-13-10-14-24(6)16-11-8-7-9-12-16/h7-9,11-12H,10,13-15H2,1-6H3,(H2,20,21,22). The van der Waals surface area contributed by atoms with Crippen molar-refractivity contribution in [2.45, 2.75) is 32.7 Å². The van der Waals surface area contributed by atoms with Crippen LogP contribution in [-0.2, 0) is 4.79 Å². The average molecular weight is 348 g/mol. The lowest BCUT2D eigenvalue weighted by molar-refractivity contribution is -0.127. The van der Waals surface area contributed by atoms with Crippen LogP contribution in [0.4, 0.5) is 5.69 Å². The summed E-state index contributed by atoms with van der Waals surface area (Å²) >= 11 is 0. The van der Waals surface area contributed by atoms with Gasteiger partial charge in [0.15, 0.2) is 5.96 Å². The molecule has 0 aliphatic carbocycles. The molecule has 25 heavy (non-hydrogen) atoms. The fourth-order valence-electron chi connectivity index (χ4n) is 2.12. The second kappa shape index (κ2) is 9.91. The Kier molecular flexibility index (Phi) is 8.25. The van der Waals surface area contributed by atoms with Crippen LogP contribution >= 0.6 is 0 Å². The molecule has 1 aromatic rings. The van der Waals surface area contributed by atoms with Gasteiger partial charge in [-0.15, -0.1) is 0 Å². The molecule has 1 amide bonds. The first-order valence-electron chi connectivity index (χ1n) is 8.72. The fraction of sp³-hybridized carbons (Fsp3) is 0.579. The third kappa shape index (κ3) is 8.98. The number of anilines is 1. The number of nitrogens with zero attached hydrogens (tertiary/aromatic N) is 3. The van der Waals surface area contributed by atoms with Gasteiger partial charge in [0.2, 0.25) is 5.91 Å². The smallest absolute Gasteiger partial charge is 0.243 e. The molecule has 0 atom stereocenters. The lowest BCUT2D eigenvalue weighted by Crippen LogP contribution is -2.48. The second-order valence-electron chi connectivity index (χ2n) is 7.37. The first-order chi connectivity index (χ1) is 11.7. The molecule has 0 bridgehead atoms. The van der Waals surface area contributed by atoms with Crippen LogP contribution in [0.5, 0.6) is 0 Å². The highest BCUT2D eigenvalue weighted by molar-refractivity contribution is 5.85. The van der Waals surface area contributed by atoms with E-state index < -0.39 is 0 Å². The minimum Gasteiger partial charge on any atom is -0.375 e. The van der Waals surface area contributed by atoms with E-state index in [1.807, 2.05) is 18.2 Å². The van der Waals surface area contributed by atoms with Gasteiger partial charge in [0.1, 0.15) is 6.54 Å². The van der Waals surface area contributed by atoms with Gasteiger partial charge in [0.05, 0.1) is 0 Å². The van der Waals surface area contributed by atoms with Crippen LogP contribution in [0.2, 0.25) is 0 Å². The summed E-state index contributed by atoms with van der Waals surface area (Å²) in [5.74, 6) is 0.656. The molecule has 0 radical (unpaired) electrons. The van der Waals surface area contributed by atoms with Crippen LogP contribution in [0.15, 0.2) is 35.3 Å². The highest BCUT2D eigenvalue weighted by Gasteiger charge is 2.13. The molecule has 0 saturated carbocycles. The molecule has 0 saturated heterocycles. The molecule has 6 nitrogen and oxygen atoms in total. The van der Waals surface area contributed by atoms with Crippen molar-refractivity contribution < 1.29 is 4.79 Å². The predicted octanol–water partition coefficient (Wildman–Crippen LogP) is 1.93. The molecule has 140 valence electrons. The van der Waals surface area contributed by atoms with Crippen LogP contribution < -0.4 is 15.5 Å². The zero-order chi connectivity index (χ0) is 18.9. The molecule has 2 N–H and O–H groups in total. The zero-order valence-electron chi connectivity index (χ0n) is 16.5. The highest BCUT2D eigenvalue weighted by Crippen LogP contribution is 2.10. The van der Waals surface area contributed by atoms with E-state index >= 15 is 0 Å². The summed E-state index contributed by atoms with van der Waals surface area (Å²) in [5.41, 5.74) is 1.09. The van der Waals surface area contributed by atoms with Gasteiger partial charge >= 0.3 is 0 Å². The molecule has 0 aliphatic rings. The molecule has 0 aromatic heterocycles. The molecule has 1 aromatic carbocycles. The SMILES string of the molecule is CN(C)C(=O)CN=C(NCCCN(C)c1ccccc1)NC(C)(C)C. The Labute approximate surface area is 152 Å². The van der Waals surface area contributed by atoms with Gasteiger partial charge in [-0.25, -0.2) is 4.99 Å². The first kappa shape index (κ1) is 20.8. The number of guanidine groups is 1. The third-order valence-corrected chi connectivity index (χ3v) is 3.52. The normalized spacial score (nSPS) is 11.8. The van der Waals surface area contributed by atoms with Gasteiger partial charge in [0.25, 0.3) is 0 Å². The number of aliphatic imine (C=N–C) groups is 1. The number of hydrogen-bond donors (Lipinski definition) is 2. The quantitative estimate of drug-likeness (QED) is 0.450. The van der Waals surface area contributed by atoms with Gasteiger partial charge in [-0.2, -0.15) is 0 Å². The topological polar surface area (TPSA) is 60.0 Å². The maximum Gasteiger partial charge on any atom is 0.243 e. The van der Waals surface area contributed by atoms with Crippen molar-refractivity contribution in [2.75, 3.05) is 45.7 Å². The molecule has 0 spiro atoms. The maximum absolute atomic E-state index is 11.7. The number of nitrogens with one attached hydrogen (secondary N) is 2. The molecule has 0 fully saturated rings. The van der Waals surface area contributed by atoms with Crippen LogP contribution in [0, 0.1) is 0 Å². The highest BCUT2D eigenvalue weighted by atomic mass is 16.2. The Morgan fingerprint density at radius 3 is 2.32 bits per heavy atom. The lowest BCUT2D eigenvalue weighted by Gasteiger charge is -2.25. The van der Waals surface area contributed by atoms with Gasteiger partial charge in [0, 0.05) is 45.5 Å². The van der Waals surface area contributed by atoms with Crippen molar-refractivity contribution in [1.82, 2.24) is 15.5 Å². The summed E-state index contributed by atoms with van der Waals surface area (Å²) in [5, 5.41) is 6.64. The van der Waals surface area contributed by atoms with Crippen LogP contribution in [0.25, 0.3) is 0 Å². The summed E-state index contributed by atoms with van der Waals surface area (Å²) in [6.07, 6.45) is 0.970. The lowest BCUT2D eigenvalue weighted by atomic mass is 10.1. The predicted molar refractivity (Wildman–Crippen MR) is 106 cm³/mol. The van der Waals surface area contributed by atoms with E-state index in [0.29, 0.717) is 5.96 Å². The number of carbonyl (C=O) groups is 1. The molecule has 1 rings (SSSR count). The van der Waals surface area contributed by atoms with E-state index in [1.165, 1.54) is 5.69 Å². The Balaban J connectivity index is 2.49. The summed E-state index contributed by atoms with van der Waals surface area (Å²) in [6.45, 7) is 8.08. The number of para-hydroxylation sites is 1. The largest absolute Gasteiger partial charge is 0.375 e. The van der Waals surface area contributed by atoms with E-state index in [2.05, 4.69) is 60.5 Å². The Bertz CT molecular complexity index is 549. The fourth-order valence-corrected chi connectivity index (χ4v) is 2.12. The van der Waals surface area contributed by atoms with E-state index in [9.17, 15) is 4.79 Å². The first-order valence-corrected chi connectivity index (χ1v) is 8.72. The van der Waals surface area contributed by atoms with Crippen molar-refractivity contribution in [2.24, 2.45) is 4.99 Å². The van der Waals surface area contributed by atoms with Gasteiger partial charge in [-0.1, -0.05) is 18.2 Å². The van der Waals surface area contributed by atoms with Crippen molar-refractivity contribution in [3.63, 3.8) is 0 Å². The molecule has 6 heteroatoms. The number of hydrogen-bond acceptors (Lipinski definition) is 3. The van der Waals surface area contributed by atoms with E-state index in [1.54, 1.807) is 19.0 Å². The van der Waals surface area contributed by atoms with E-state index in [-0.39, 0.29) is 18.0 Å². The minimum atomic E-state index is -0.117. The summed E-state index contributed by atoms with van der Waals surface area (Å²) < 4.78 is 0. The molecule has 0 unspecified atom stereocenters. The van der Waals surface area contributed by atoms with Crippen LogP contribution in [0.1, 0.15) is 27.2 Å². The monoisotopic (exact) mass is 347 g/mol. The Morgan fingerprint density at radius 1 is 1.12 bits per heavy atom.